The second-order valence-electron chi connectivity index (χ2n) is 4.11. The summed E-state index contributed by atoms with van der Waals surface area (Å²) in [5, 5.41) is 8.91. The van der Waals surface area contributed by atoms with Gasteiger partial charge in [0, 0.05) is 11.4 Å². The summed E-state index contributed by atoms with van der Waals surface area (Å²) in [7, 11) is 0. The molecule has 2 aromatic rings. The first-order chi connectivity index (χ1) is 8.56. The molecule has 0 aromatic heterocycles. The molecule has 0 unspecified atom stereocenters. The highest BCUT2D eigenvalue weighted by Crippen LogP contribution is 2.26. The molecule has 4 heteroatoms. The molecule has 4 nitrogen and oxygen atoms in total. The van der Waals surface area contributed by atoms with Crippen LogP contribution >= 0.6 is 0 Å². The van der Waals surface area contributed by atoms with Gasteiger partial charge in [0.1, 0.15) is 0 Å². The smallest absolute Gasteiger partial charge is 0.307 e. The van der Waals surface area contributed by atoms with Crippen LogP contribution in [-0.2, 0) is 11.2 Å². The Balaban J connectivity index is 2.49. The van der Waals surface area contributed by atoms with E-state index in [1.807, 2.05) is 18.2 Å². The molecule has 0 saturated carbocycles. The van der Waals surface area contributed by atoms with Crippen LogP contribution in [0.4, 0.5) is 11.4 Å². The van der Waals surface area contributed by atoms with Gasteiger partial charge in [-0.05, 0) is 41.0 Å². The van der Waals surface area contributed by atoms with E-state index in [1.54, 1.807) is 24.3 Å². The van der Waals surface area contributed by atoms with Crippen molar-refractivity contribution in [3.8, 4) is 11.1 Å². The van der Waals surface area contributed by atoms with E-state index in [9.17, 15) is 4.79 Å². The molecule has 0 saturated heterocycles. The Labute approximate surface area is 105 Å². The van der Waals surface area contributed by atoms with E-state index < -0.39 is 5.97 Å². The molecule has 2 rings (SSSR count). The summed E-state index contributed by atoms with van der Waals surface area (Å²) in [4.78, 5) is 10.9. The zero-order valence-electron chi connectivity index (χ0n) is 9.76. The van der Waals surface area contributed by atoms with Crippen LogP contribution < -0.4 is 11.5 Å². The number of rotatable bonds is 3. The zero-order chi connectivity index (χ0) is 13.1. The predicted octanol–water partition coefficient (Wildman–Crippen LogP) is 2.15. The fourth-order valence-electron chi connectivity index (χ4n) is 1.87. The molecule has 18 heavy (non-hydrogen) atoms. The minimum Gasteiger partial charge on any atom is -0.481 e. The maximum absolute atomic E-state index is 10.9. The average Bonchev–Trinajstić information content (AvgIpc) is 2.30. The second kappa shape index (κ2) is 4.79. The lowest BCUT2D eigenvalue weighted by atomic mass is 9.97. The van der Waals surface area contributed by atoms with Gasteiger partial charge in [0.2, 0.25) is 0 Å². The number of benzene rings is 2. The fraction of sp³-hybridized carbons (Fsp3) is 0.0714. The highest BCUT2D eigenvalue weighted by atomic mass is 16.4. The van der Waals surface area contributed by atoms with Crippen molar-refractivity contribution in [3.63, 3.8) is 0 Å². The lowest BCUT2D eigenvalue weighted by Gasteiger charge is -2.09. The molecule has 0 aliphatic carbocycles. The van der Waals surface area contributed by atoms with E-state index >= 15 is 0 Å². The molecule has 0 aliphatic heterocycles. The summed E-state index contributed by atoms with van der Waals surface area (Å²) in [5.41, 5.74) is 15.1. The third-order valence-corrected chi connectivity index (χ3v) is 2.69. The van der Waals surface area contributed by atoms with Crippen molar-refractivity contribution in [2.45, 2.75) is 6.42 Å². The van der Waals surface area contributed by atoms with Crippen LogP contribution in [0.1, 0.15) is 5.56 Å². The molecular formula is C14H14N2O2. The molecule has 0 heterocycles. The van der Waals surface area contributed by atoms with E-state index in [0.29, 0.717) is 16.9 Å². The highest BCUT2D eigenvalue weighted by Gasteiger charge is 2.09. The topological polar surface area (TPSA) is 89.3 Å². The van der Waals surface area contributed by atoms with E-state index in [1.165, 1.54) is 0 Å². The van der Waals surface area contributed by atoms with Gasteiger partial charge >= 0.3 is 5.97 Å². The maximum Gasteiger partial charge on any atom is 0.307 e. The molecule has 0 fully saturated rings. The van der Waals surface area contributed by atoms with Crippen LogP contribution in [0.15, 0.2) is 42.5 Å². The molecule has 5 N–H and O–H groups in total. The van der Waals surface area contributed by atoms with Crippen LogP contribution in [0.25, 0.3) is 11.1 Å². The lowest BCUT2D eigenvalue weighted by Crippen LogP contribution is -2.03. The Bertz CT molecular complexity index is 577. The summed E-state index contributed by atoms with van der Waals surface area (Å²) in [6.07, 6.45) is -0.0508. The zero-order valence-corrected chi connectivity index (χ0v) is 9.76. The monoisotopic (exact) mass is 242 g/mol. The van der Waals surface area contributed by atoms with E-state index in [0.717, 1.165) is 11.1 Å². The molecule has 92 valence electrons. The fourth-order valence-corrected chi connectivity index (χ4v) is 1.87. The Hall–Kier alpha value is -2.49. The Kier molecular flexibility index (Phi) is 3.19. The minimum atomic E-state index is -0.878. The Morgan fingerprint density at radius 2 is 1.61 bits per heavy atom. The SMILES string of the molecule is Nc1ccc(-c2ccc(N)cc2CC(=O)O)cc1. The number of carboxylic acid groups (broad SMARTS) is 1. The van der Waals surface area contributed by atoms with Crippen molar-refractivity contribution in [2.24, 2.45) is 0 Å². The van der Waals surface area contributed by atoms with Crippen molar-refractivity contribution in [1.29, 1.82) is 0 Å². The number of nitrogen functional groups attached to an aromatic ring is 2. The first-order valence-electron chi connectivity index (χ1n) is 5.52. The molecule has 0 aliphatic rings. The average molecular weight is 242 g/mol. The van der Waals surface area contributed by atoms with Gasteiger partial charge in [-0.15, -0.1) is 0 Å². The summed E-state index contributed by atoms with van der Waals surface area (Å²) < 4.78 is 0. The first-order valence-corrected chi connectivity index (χ1v) is 5.52. The highest BCUT2D eigenvalue weighted by molar-refractivity contribution is 5.78. The van der Waals surface area contributed by atoms with E-state index in [2.05, 4.69) is 0 Å². The van der Waals surface area contributed by atoms with E-state index in [-0.39, 0.29) is 6.42 Å². The Morgan fingerprint density at radius 3 is 2.22 bits per heavy atom. The van der Waals surface area contributed by atoms with Gasteiger partial charge in [0.15, 0.2) is 0 Å². The number of carboxylic acids is 1. The molecule has 0 radical (unpaired) electrons. The van der Waals surface area contributed by atoms with Crippen LogP contribution in [0, 0.1) is 0 Å². The van der Waals surface area contributed by atoms with Crippen LogP contribution in [0.2, 0.25) is 0 Å². The summed E-state index contributed by atoms with van der Waals surface area (Å²) in [6.45, 7) is 0. The van der Waals surface area contributed by atoms with Crippen LogP contribution in [0.3, 0.4) is 0 Å². The number of hydrogen-bond acceptors (Lipinski definition) is 3. The van der Waals surface area contributed by atoms with Gasteiger partial charge in [0.25, 0.3) is 0 Å². The normalized spacial score (nSPS) is 10.2. The largest absolute Gasteiger partial charge is 0.481 e. The van der Waals surface area contributed by atoms with Crippen molar-refractivity contribution >= 4 is 17.3 Å². The van der Waals surface area contributed by atoms with Gasteiger partial charge in [0.05, 0.1) is 6.42 Å². The molecular weight excluding hydrogens is 228 g/mol. The molecule has 0 atom stereocenters. The van der Waals surface area contributed by atoms with Gasteiger partial charge in [-0.3, -0.25) is 4.79 Å². The van der Waals surface area contributed by atoms with E-state index in [4.69, 9.17) is 16.6 Å². The summed E-state index contributed by atoms with van der Waals surface area (Å²) in [6, 6.07) is 12.6. The molecule has 2 aromatic carbocycles. The number of hydrogen-bond donors (Lipinski definition) is 3. The predicted molar refractivity (Wildman–Crippen MR) is 72.0 cm³/mol. The number of aliphatic carboxylic acids is 1. The van der Waals surface area contributed by atoms with Crippen molar-refractivity contribution in [3.05, 3.63) is 48.0 Å². The van der Waals surface area contributed by atoms with Gasteiger partial charge < -0.3 is 16.6 Å². The van der Waals surface area contributed by atoms with Crippen molar-refractivity contribution in [1.82, 2.24) is 0 Å². The quantitative estimate of drug-likeness (QED) is 0.719. The third-order valence-electron chi connectivity index (χ3n) is 2.69. The summed E-state index contributed by atoms with van der Waals surface area (Å²) in [5.74, 6) is -0.878. The van der Waals surface area contributed by atoms with Gasteiger partial charge in [-0.1, -0.05) is 18.2 Å². The molecule has 0 spiro atoms. The van der Waals surface area contributed by atoms with Crippen molar-refractivity contribution in [2.75, 3.05) is 11.5 Å². The van der Waals surface area contributed by atoms with Gasteiger partial charge in [-0.2, -0.15) is 0 Å². The molecule has 0 bridgehead atoms. The van der Waals surface area contributed by atoms with Crippen molar-refractivity contribution < 1.29 is 9.90 Å². The summed E-state index contributed by atoms with van der Waals surface area (Å²) >= 11 is 0. The number of carbonyl (C=O) groups is 1. The van der Waals surface area contributed by atoms with Gasteiger partial charge in [-0.25, -0.2) is 0 Å². The van der Waals surface area contributed by atoms with Crippen LogP contribution in [-0.4, -0.2) is 11.1 Å². The van der Waals surface area contributed by atoms with Crippen LogP contribution in [0.5, 0.6) is 0 Å². The maximum atomic E-state index is 10.9. The number of anilines is 2. The third kappa shape index (κ3) is 2.60. The lowest BCUT2D eigenvalue weighted by molar-refractivity contribution is -0.136. The first kappa shape index (κ1) is 12.0. The number of nitrogens with two attached hydrogens (primary N) is 2. The standard InChI is InChI=1S/C14H14N2O2/c15-11-3-1-9(2-4-11)13-6-5-12(16)7-10(13)8-14(17)18/h1-7H,8,15-16H2,(H,17,18). The minimum absolute atomic E-state index is 0.0508. The molecule has 0 amide bonds. The Morgan fingerprint density at radius 1 is 1.00 bits per heavy atom. The second-order valence-corrected chi connectivity index (χ2v) is 4.11.